The number of aryl methyl sites for hydroxylation is 1. The molecule has 0 fully saturated rings. The second-order valence-electron chi connectivity index (χ2n) is 5.25. The third kappa shape index (κ3) is 1.97. The zero-order valence-electron chi connectivity index (χ0n) is 11.6. The van der Waals surface area contributed by atoms with Crippen molar-refractivity contribution >= 4 is 21.8 Å². The van der Waals surface area contributed by atoms with Gasteiger partial charge in [-0.25, -0.2) is 0 Å². The van der Waals surface area contributed by atoms with Crippen LogP contribution in [0.1, 0.15) is 37.9 Å². The summed E-state index contributed by atoms with van der Waals surface area (Å²) in [4.78, 5) is 9.37. The van der Waals surface area contributed by atoms with E-state index < -0.39 is 0 Å². The van der Waals surface area contributed by atoms with Crippen LogP contribution in [0.2, 0.25) is 0 Å². The highest BCUT2D eigenvalue weighted by atomic mass is 14.8. The van der Waals surface area contributed by atoms with Gasteiger partial charge in [0.1, 0.15) is 0 Å². The standard InChI is InChI=1S/C17H18N2/c1-4-12-10-15(11(2)3)19-17-14(12)8-7-13-6-5-9-18-16(13)17/h5-11H,4H2,1-3H3. The van der Waals surface area contributed by atoms with Gasteiger partial charge in [0.2, 0.25) is 0 Å². The van der Waals surface area contributed by atoms with Crippen LogP contribution in [0.15, 0.2) is 36.5 Å². The summed E-state index contributed by atoms with van der Waals surface area (Å²) < 4.78 is 0. The third-order valence-electron chi connectivity index (χ3n) is 3.63. The molecule has 0 aliphatic heterocycles. The summed E-state index contributed by atoms with van der Waals surface area (Å²) in [5.41, 5.74) is 4.57. The van der Waals surface area contributed by atoms with Crippen molar-refractivity contribution in [3.05, 3.63) is 47.8 Å². The molecule has 0 N–H and O–H groups in total. The molecule has 3 rings (SSSR count). The van der Waals surface area contributed by atoms with Crippen molar-refractivity contribution in [1.82, 2.24) is 9.97 Å². The summed E-state index contributed by atoms with van der Waals surface area (Å²) in [6.07, 6.45) is 2.87. The van der Waals surface area contributed by atoms with Gasteiger partial charge >= 0.3 is 0 Å². The van der Waals surface area contributed by atoms with Crippen molar-refractivity contribution < 1.29 is 0 Å². The van der Waals surface area contributed by atoms with Gasteiger partial charge in [0.05, 0.1) is 11.0 Å². The van der Waals surface area contributed by atoms with E-state index in [9.17, 15) is 0 Å². The first-order valence-corrected chi connectivity index (χ1v) is 6.88. The molecule has 0 saturated heterocycles. The van der Waals surface area contributed by atoms with E-state index in [2.05, 4.69) is 50.0 Å². The first kappa shape index (κ1) is 12.1. The predicted molar refractivity (Wildman–Crippen MR) is 80.5 cm³/mol. The van der Waals surface area contributed by atoms with Crippen LogP contribution >= 0.6 is 0 Å². The third-order valence-corrected chi connectivity index (χ3v) is 3.63. The van der Waals surface area contributed by atoms with E-state index in [4.69, 9.17) is 4.98 Å². The van der Waals surface area contributed by atoms with Crippen LogP contribution in [-0.4, -0.2) is 9.97 Å². The number of hydrogen-bond acceptors (Lipinski definition) is 2. The second-order valence-corrected chi connectivity index (χ2v) is 5.25. The summed E-state index contributed by atoms with van der Waals surface area (Å²) in [6.45, 7) is 6.57. The highest BCUT2D eigenvalue weighted by Crippen LogP contribution is 2.27. The zero-order chi connectivity index (χ0) is 13.4. The first-order valence-electron chi connectivity index (χ1n) is 6.88. The van der Waals surface area contributed by atoms with Crippen molar-refractivity contribution in [1.29, 1.82) is 0 Å². The van der Waals surface area contributed by atoms with E-state index in [1.807, 2.05) is 12.3 Å². The number of pyridine rings is 2. The Morgan fingerprint density at radius 2 is 1.95 bits per heavy atom. The van der Waals surface area contributed by atoms with Crippen molar-refractivity contribution in [3.63, 3.8) is 0 Å². The molecule has 0 saturated carbocycles. The maximum absolute atomic E-state index is 4.85. The molecule has 0 atom stereocenters. The van der Waals surface area contributed by atoms with Crippen LogP contribution < -0.4 is 0 Å². The fourth-order valence-electron chi connectivity index (χ4n) is 2.51. The minimum absolute atomic E-state index is 0.439. The second kappa shape index (κ2) is 4.61. The van der Waals surface area contributed by atoms with Crippen molar-refractivity contribution in [2.75, 3.05) is 0 Å². The Morgan fingerprint density at radius 3 is 2.68 bits per heavy atom. The molecule has 96 valence electrons. The molecule has 2 heteroatoms. The molecular weight excluding hydrogens is 232 g/mol. The molecule has 1 aromatic carbocycles. The quantitative estimate of drug-likeness (QED) is 0.627. The highest BCUT2D eigenvalue weighted by molar-refractivity contribution is 6.03. The monoisotopic (exact) mass is 250 g/mol. The molecule has 2 nitrogen and oxygen atoms in total. The molecule has 0 unspecified atom stereocenters. The topological polar surface area (TPSA) is 25.8 Å². The molecule has 0 aliphatic rings. The summed E-state index contributed by atoms with van der Waals surface area (Å²) in [7, 11) is 0. The van der Waals surface area contributed by atoms with E-state index in [0.29, 0.717) is 5.92 Å². The number of fused-ring (bicyclic) bond motifs is 3. The number of nitrogens with zero attached hydrogens (tertiary/aromatic N) is 2. The number of rotatable bonds is 2. The molecule has 2 aromatic heterocycles. The van der Waals surface area contributed by atoms with E-state index in [1.54, 1.807) is 0 Å². The van der Waals surface area contributed by atoms with Crippen molar-refractivity contribution in [3.8, 4) is 0 Å². The first-order chi connectivity index (χ1) is 9.20. The maximum Gasteiger partial charge on any atom is 0.0970 e. The van der Waals surface area contributed by atoms with Crippen LogP contribution in [0.3, 0.4) is 0 Å². The summed E-state index contributed by atoms with van der Waals surface area (Å²) in [6, 6.07) is 10.6. The lowest BCUT2D eigenvalue weighted by molar-refractivity contribution is 0.826. The van der Waals surface area contributed by atoms with E-state index in [1.165, 1.54) is 10.9 Å². The van der Waals surface area contributed by atoms with Crippen LogP contribution in [0, 0.1) is 0 Å². The van der Waals surface area contributed by atoms with E-state index >= 15 is 0 Å². The summed E-state index contributed by atoms with van der Waals surface area (Å²) in [5.74, 6) is 0.439. The Kier molecular flexibility index (Phi) is 2.94. The number of aromatic nitrogens is 2. The van der Waals surface area contributed by atoms with Gasteiger partial charge in [0, 0.05) is 22.7 Å². The Labute approximate surface area is 113 Å². The molecule has 0 aliphatic carbocycles. The Balaban J connectivity index is 2.46. The molecule has 2 heterocycles. The number of hydrogen-bond donors (Lipinski definition) is 0. The lowest BCUT2D eigenvalue weighted by Crippen LogP contribution is -1.98. The molecule has 0 bridgehead atoms. The number of benzene rings is 1. The zero-order valence-corrected chi connectivity index (χ0v) is 11.6. The lowest BCUT2D eigenvalue weighted by atomic mass is 10.00. The van der Waals surface area contributed by atoms with Crippen LogP contribution in [0.25, 0.3) is 21.8 Å². The van der Waals surface area contributed by atoms with Crippen LogP contribution in [0.4, 0.5) is 0 Å². The Hall–Kier alpha value is -1.96. The highest BCUT2D eigenvalue weighted by Gasteiger charge is 2.10. The molecule has 0 amide bonds. The molecule has 19 heavy (non-hydrogen) atoms. The van der Waals surface area contributed by atoms with Gasteiger partial charge in [0.25, 0.3) is 0 Å². The average molecular weight is 250 g/mol. The average Bonchev–Trinajstić information content (AvgIpc) is 2.45. The van der Waals surface area contributed by atoms with Crippen molar-refractivity contribution in [2.24, 2.45) is 0 Å². The Morgan fingerprint density at radius 1 is 1.11 bits per heavy atom. The van der Waals surface area contributed by atoms with Gasteiger partial charge < -0.3 is 0 Å². The normalized spacial score (nSPS) is 11.6. The van der Waals surface area contributed by atoms with E-state index in [0.717, 1.165) is 28.5 Å². The fraction of sp³-hybridized carbons (Fsp3) is 0.294. The lowest BCUT2D eigenvalue weighted by Gasteiger charge is -2.11. The molecular formula is C17H18N2. The minimum atomic E-state index is 0.439. The SMILES string of the molecule is CCc1cc(C(C)C)nc2c1ccc1cccnc12. The van der Waals surface area contributed by atoms with Gasteiger partial charge in [0.15, 0.2) is 0 Å². The van der Waals surface area contributed by atoms with Crippen LogP contribution in [-0.2, 0) is 6.42 Å². The fourth-order valence-corrected chi connectivity index (χ4v) is 2.51. The van der Waals surface area contributed by atoms with E-state index in [-0.39, 0.29) is 0 Å². The largest absolute Gasteiger partial charge is 0.254 e. The smallest absolute Gasteiger partial charge is 0.0970 e. The Bertz CT molecular complexity index is 745. The summed E-state index contributed by atoms with van der Waals surface area (Å²) >= 11 is 0. The molecule has 0 radical (unpaired) electrons. The maximum atomic E-state index is 4.85. The van der Waals surface area contributed by atoms with Gasteiger partial charge in [-0.2, -0.15) is 0 Å². The van der Waals surface area contributed by atoms with Crippen LogP contribution in [0.5, 0.6) is 0 Å². The van der Waals surface area contributed by atoms with Gasteiger partial charge in [-0.05, 0) is 30.0 Å². The van der Waals surface area contributed by atoms with Gasteiger partial charge in [-0.3, -0.25) is 9.97 Å². The molecule has 0 spiro atoms. The van der Waals surface area contributed by atoms with Gasteiger partial charge in [-0.15, -0.1) is 0 Å². The summed E-state index contributed by atoms with van der Waals surface area (Å²) in [5, 5.41) is 2.39. The predicted octanol–water partition coefficient (Wildman–Crippen LogP) is 4.47. The molecule has 3 aromatic rings. The van der Waals surface area contributed by atoms with Crippen molar-refractivity contribution in [2.45, 2.75) is 33.1 Å². The minimum Gasteiger partial charge on any atom is -0.254 e. The van der Waals surface area contributed by atoms with Gasteiger partial charge in [-0.1, -0.05) is 39.0 Å².